The van der Waals surface area contributed by atoms with Crippen LogP contribution in [-0.4, -0.2) is 48.7 Å². The normalized spacial score (nSPS) is 30.7. The number of nitrogens with zero attached hydrogens (tertiary/aromatic N) is 1. The number of carboxylic acids is 1. The first-order valence-corrected chi connectivity index (χ1v) is 7.33. The fourth-order valence-corrected chi connectivity index (χ4v) is 3.58. The average Bonchev–Trinajstić information content (AvgIpc) is 2.39. The highest BCUT2D eigenvalue weighted by molar-refractivity contribution is 5.73. The van der Waals surface area contributed by atoms with Gasteiger partial charge in [-0.3, -0.25) is 4.79 Å². The molecule has 1 saturated carbocycles. The molecule has 1 saturated heterocycles. The first-order chi connectivity index (χ1) is 8.70. The van der Waals surface area contributed by atoms with E-state index in [9.17, 15) is 4.79 Å². The number of carboxylic acid groups (broad SMARTS) is 1. The van der Waals surface area contributed by atoms with Crippen molar-refractivity contribution in [1.82, 2.24) is 10.2 Å². The van der Waals surface area contributed by atoms with E-state index in [4.69, 9.17) is 5.11 Å². The molecule has 2 fully saturated rings. The third-order valence-electron chi connectivity index (χ3n) is 4.76. The van der Waals surface area contributed by atoms with E-state index in [0.29, 0.717) is 6.42 Å². The maximum Gasteiger partial charge on any atom is 0.320 e. The van der Waals surface area contributed by atoms with Gasteiger partial charge < -0.3 is 15.3 Å². The Hall–Kier alpha value is -0.610. The van der Waals surface area contributed by atoms with Gasteiger partial charge in [0.1, 0.15) is 6.04 Å². The van der Waals surface area contributed by atoms with E-state index in [2.05, 4.69) is 10.2 Å². The number of piperidine rings is 1. The summed E-state index contributed by atoms with van der Waals surface area (Å²) in [7, 11) is 1.73. The monoisotopic (exact) mass is 254 g/mol. The molecule has 1 aliphatic carbocycles. The molecule has 1 aliphatic heterocycles. The molecule has 0 spiro atoms. The topological polar surface area (TPSA) is 52.6 Å². The number of rotatable bonds is 5. The third-order valence-corrected chi connectivity index (χ3v) is 4.76. The van der Waals surface area contributed by atoms with Gasteiger partial charge in [-0.2, -0.15) is 0 Å². The second-order valence-electron chi connectivity index (χ2n) is 5.86. The molecule has 2 aliphatic rings. The summed E-state index contributed by atoms with van der Waals surface area (Å²) >= 11 is 0. The summed E-state index contributed by atoms with van der Waals surface area (Å²) < 4.78 is 0. The van der Waals surface area contributed by atoms with Gasteiger partial charge >= 0.3 is 5.97 Å². The molecule has 2 rings (SSSR count). The van der Waals surface area contributed by atoms with Crippen molar-refractivity contribution in [2.24, 2.45) is 11.8 Å². The Morgan fingerprint density at radius 2 is 2.06 bits per heavy atom. The Balaban J connectivity index is 1.75. The SMILES string of the molecule is CNC(CCN1CCC2CCCCC2C1)C(=O)O. The van der Waals surface area contributed by atoms with Crippen molar-refractivity contribution in [2.75, 3.05) is 26.7 Å². The first-order valence-electron chi connectivity index (χ1n) is 7.33. The lowest BCUT2D eigenvalue weighted by atomic mass is 9.75. The minimum Gasteiger partial charge on any atom is -0.480 e. The summed E-state index contributed by atoms with van der Waals surface area (Å²) in [6, 6.07) is -0.394. The summed E-state index contributed by atoms with van der Waals surface area (Å²) in [4.78, 5) is 13.4. The van der Waals surface area contributed by atoms with Gasteiger partial charge in [-0.05, 0) is 44.7 Å². The molecule has 0 radical (unpaired) electrons. The Labute approximate surface area is 110 Å². The van der Waals surface area contributed by atoms with Crippen molar-refractivity contribution in [2.45, 2.75) is 44.6 Å². The highest BCUT2D eigenvalue weighted by Gasteiger charge is 2.31. The van der Waals surface area contributed by atoms with E-state index in [0.717, 1.165) is 24.9 Å². The lowest BCUT2D eigenvalue weighted by molar-refractivity contribution is -0.139. The van der Waals surface area contributed by atoms with Gasteiger partial charge in [-0.15, -0.1) is 0 Å². The van der Waals surface area contributed by atoms with Crippen molar-refractivity contribution >= 4 is 5.97 Å². The lowest BCUT2D eigenvalue weighted by Crippen LogP contribution is -2.44. The van der Waals surface area contributed by atoms with Gasteiger partial charge in [0.2, 0.25) is 0 Å². The van der Waals surface area contributed by atoms with Crippen molar-refractivity contribution in [3.05, 3.63) is 0 Å². The van der Waals surface area contributed by atoms with E-state index in [1.54, 1.807) is 7.05 Å². The fourth-order valence-electron chi connectivity index (χ4n) is 3.58. The van der Waals surface area contributed by atoms with Crippen molar-refractivity contribution in [3.8, 4) is 0 Å². The van der Waals surface area contributed by atoms with E-state index in [1.165, 1.54) is 38.6 Å². The molecule has 0 aromatic rings. The molecule has 0 aromatic carbocycles. The largest absolute Gasteiger partial charge is 0.480 e. The predicted molar refractivity (Wildman–Crippen MR) is 71.6 cm³/mol. The first kappa shape index (κ1) is 13.8. The van der Waals surface area contributed by atoms with Gasteiger partial charge in [0, 0.05) is 13.1 Å². The minimum absolute atomic E-state index is 0.394. The maximum absolute atomic E-state index is 11.0. The Kier molecular flexibility index (Phi) is 5.01. The summed E-state index contributed by atoms with van der Waals surface area (Å²) in [5.41, 5.74) is 0. The van der Waals surface area contributed by atoms with Crippen molar-refractivity contribution in [1.29, 1.82) is 0 Å². The smallest absolute Gasteiger partial charge is 0.320 e. The number of likely N-dealkylation sites (N-methyl/N-ethyl adjacent to an activating group) is 1. The highest BCUT2D eigenvalue weighted by atomic mass is 16.4. The summed E-state index contributed by atoms with van der Waals surface area (Å²) in [6.07, 6.45) is 7.65. The molecule has 0 amide bonds. The third kappa shape index (κ3) is 3.45. The van der Waals surface area contributed by atoms with E-state index in [-0.39, 0.29) is 0 Å². The molecule has 2 N–H and O–H groups in total. The van der Waals surface area contributed by atoms with Crippen LogP contribution in [0.1, 0.15) is 38.5 Å². The van der Waals surface area contributed by atoms with Gasteiger partial charge in [-0.25, -0.2) is 0 Å². The molecular weight excluding hydrogens is 228 g/mol. The number of aliphatic carboxylic acids is 1. The Morgan fingerprint density at radius 1 is 1.33 bits per heavy atom. The van der Waals surface area contributed by atoms with Crippen molar-refractivity contribution in [3.63, 3.8) is 0 Å². The Morgan fingerprint density at radius 3 is 2.72 bits per heavy atom. The van der Waals surface area contributed by atoms with Gasteiger partial charge in [0.05, 0.1) is 0 Å². The predicted octanol–water partition coefficient (Wildman–Crippen LogP) is 1.56. The molecule has 104 valence electrons. The van der Waals surface area contributed by atoms with Crippen molar-refractivity contribution < 1.29 is 9.90 Å². The number of hydrogen-bond acceptors (Lipinski definition) is 3. The van der Waals surface area contributed by atoms with Crippen LogP contribution in [-0.2, 0) is 4.79 Å². The second kappa shape index (κ2) is 6.53. The number of fused-ring (bicyclic) bond motifs is 1. The molecule has 4 nitrogen and oxygen atoms in total. The zero-order valence-electron chi connectivity index (χ0n) is 11.4. The summed E-state index contributed by atoms with van der Waals surface area (Å²) in [5.74, 6) is 1.10. The van der Waals surface area contributed by atoms with E-state index >= 15 is 0 Å². The summed E-state index contributed by atoms with van der Waals surface area (Å²) in [6.45, 7) is 3.28. The molecule has 3 atom stereocenters. The van der Waals surface area contributed by atoms with Crippen LogP contribution in [0, 0.1) is 11.8 Å². The van der Waals surface area contributed by atoms with Crippen LogP contribution in [0.15, 0.2) is 0 Å². The van der Waals surface area contributed by atoms with Crippen LogP contribution in [0.25, 0.3) is 0 Å². The van der Waals surface area contributed by atoms with Crippen LogP contribution in [0.2, 0.25) is 0 Å². The van der Waals surface area contributed by atoms with E-state index in [1.807, 2.05) is 0 Å². The highest BCUT2D eigenvalue weighted by Crippen LogP contribution is 2.35. The zero-order chi connectivity index (χ0) is 13.0. The fraction of sp³-hybridized carbons (Fsp3) is 0.929. The van der Waals surface area contributed by atoms with Crippen LogP contribution >= 0.6 is 0 Å². The number of nitrogens with one attached hydrogen (secondary N) is 1. The van der Waals surface area contributed by atoms with Gasteiger partial charge in [-0.1, -0.05) is 19.3 Å². The molecule has 3 unspecified atom stereocenters. The quantitative estimate of drug-likeness (QED) is 0.782. The van der Waals surface area contributed by atoms with Crippen LogP contribution in [0.4, 0.5) is 0 Å². The average molecular weight is 254 g/mol. The van der Waals surface area contributed by atoms with E-state index < -0.39 is 12.0 Å². The van der Waals surface area contributed by atoms with Crippen LogP contribution < -0.4 is 5.32 Å². The molecule has 18 heavy (non-hydrogen) atoms. The standard InChI is InChI=1S/C14H26N2O2/c1-15-13(14(17)18)7-9-16-8-6-11-4-2-3-5-12(11)10-16/h11-13,15H,2-10H2,1H3,(H,17,18). The number of likely N-dealkylation sites (tertiary alicyclic amines) is 1. The lowest BCUT2D eigenvalue weighted by Gasteiger charge is -2.41. The zero-order valence-corrected chi connectivity index (χ0v) is 11.4. The van der Waals surface area contributed by atoms with Crippen LogP contribution in [0.5, 0.6) is 0 Å². The molecular formula is C14H26N2O2. The minimum atomic E-state index is -0.731. The number of carbonyl (C=O) groups is 1. The van der Waals surface area contributed by atoms with Gasteiger partial charge in [0.15, 0.2) is 0 Å². The molecule has 0 aromatic heterocycles. The summed E-state index contributed by atoms with van der Waals surface area (Å²) in [5, 5.41) is 11.9. The van der Waals surface area contributed by atoms with Gasteiger partial charge in [0.25, 0.3) is 0 Å². The van der Waals surface area contributed by atoms with Crippen LogP contribution in [0.3, 0.4) is 0 Å². The second-order valence-corrected chi connectivity index (χ2v) is 5.86. The Bertz CT molecular complexity index is 283. The molecule has 0 bridgehead atoms. The molecule has 4 heteroatoms. The molecule has 1 heterocycles. The number of hydrogen-bond donors (Lipinski definition) is 2. The maximum atomic E-state index is 11.0.